The Labute approximate surface area is 160 Å². The van der Waals surface area contributed by atoms with Crippen LogP contribution in [-0.2, 0) is 21.2 Å². The predicted octanol–water partition coefficient (Wildman–Crippen LogP) is 4.20. The molecule has 0 aromatic heterocycles. The van der Waals surface area contributed by atoms with Crippen LogP contribution in [0.1, 0.15) is 19.4 Å². The van der Waals surface area contributed by atoms with Crippen LogP contribution in [0, 0.1) is 0 Å². The molecule has 132 valence electrons. The highest BCUT2D eigenvalue weighted by molar-refractivity contribution is 9.10. The number of hydrogen-bond acceptors (Lipinski definition) is 3. The number of fused-ring (bicyclic) bond motifs is 1. The molecule has 1 amide bonds. The minimum Gasteiger partial charge on any atom is -0.309 e. The Hall–Kier alpha value is -1.57. The van der Waals surface area contributed by atoms with E-state index in [2.05, 4.69) is 20.7 Å². The Morgan fingerprint density at radius 3 is 2.68 bits per heavy atom. The zero-order chi connectivity index (χ0) is 18.4. The van der Waals surface area contributed by atoms with E-state index in [9.17, 15) is 13.2 Å². The van der Waals surface area contributed by atoms with Crippen LogP contribution in [0.4, 0.5) is 11.4 Å². The van der Waals surface area contributed by atoms with Crippen molar-refractivity contribution in [2.45, 2.75) is 31.2 Å². The van der Waals surface area contributed by atoms with Crippen LogP contribution in [0.5, 0.6) is 0 Å². The molecule has 1 aliphatic heterocycles. The van der Waals surface area contributed by atoms with Crippen LogP contribution in [0.25, 0.3) is 0 Å². The van der Waals surface area contributed by atoms with Crippen molar-refractivity contribution in [3.8, 4) is 0 Å². The van der Waals surface area contributed by atoms with Gasteiger partial charge in [0.15, 0.2) is 0 Å². The summed E-state index contributed by atoms with van der Waals surface area (Å²) in [4.78, 5) is 13.6. The SMILES string of the molecule is CC(=O)N1c2cc(S(=O)(=O)Nc3cccc(Cl)c3)c(Br)cc2C[C@H]1C. The van der Waals surface area contributed by atoms with Crippen molar-refractivity contribution >= 4 is 54.8 Å². The number of hydrogen-bond donors (Lipinski definition) is 1. The van der Waals surface area contributed by atoms with Gasteiger partial charge >= 0.3 is 0 Å². The lowest BCUT2D eigenvalue weighted by Gasteiger charge is -2.21. The van der Waals surface area contributed by atoms with Crippen LogP contribution in [-0.4, -0.2) is 20.4 Å². The molecule has 3 rings (SSSR count). The van der Waals surface area contributed by atoms with Gasteiger partial charge in [0, 0.05) is 28.1 Å². The number of halogens is 2. The van der Waals surface area contributed by atoms with Crippen molar-refractivity contribution in [3.63, 3.8) is 0 Å². The van der Waals surface area contributed by atoms with Crippen molar-refractivity contribution in [2.75, 3.05) is 9.62 Å². The fraction of sp³-hybridized carbons (Fsp3) is 0.235. The van der Waals surface area contributed by atoms with Crippen molar-refractivity contribution < 1.29 is 13.2 Å². The molecule has 5 nitrogen and oxygen atoms in total. The maximum atomic E-state index is 12.8. The first-order valence-corrected chi connectivity index (χ1v) is 10.2. The van der Waals surface area contributed by atoms with Crippen molar-refractivity contribution in [1.82, 2.24) is 0 Å². The van der Waals surface area contributed by atoms with Crippen molar-refractivity contribution in [3.05, 3.63) is 51.5 Å². The Kier molecular flexibility index (Phi) is 4.83. The summed E-state index contributed by atoms with van der Waals surface area (Å²) in [6.45, 7) is 3.42. The standard InChI is InChI=1S/C17H16BrClN2O3S/c1-10-6-12-7-15(18)17(9-16(12)21(10)11(2)22)25(23,24)20-14-5-3-4-13(19)8-14/h3-5,7-10,20H,6H2,1-2H3/t10-/m1/s1. The highest BCUT2D eigenvalue weighted by Gasteiger charge is 2.32. The molecule has 8 heteroatoms. The normalized spacial score (nSPS) is 16.6. The maximum absolute atomic E-state index is 12.8. The van der Waals surface area contributed by atoms with Crippen LogP contribution in [0.15, 0.2) is 45.8 Å². The molecule has 1 aliphatic rings. The summed E-state index contributed by atoms with van der Waals surface area (Å²) in [6, 6.07) is 9.78. The maximum Gasteiger partial charge on any atom is 0.263 e. The van der Waals surface area contributed by atoms with Crippen LogP contribution in [0.3, 0.4) is 0 Å². The lowest BCUT2D eigenvalue weighted by molar-refractivity contribution is -0.116. The Balaban J connectivity index is 2.04. The second kappa shape index (κ2) is 6.63. The number of sulfonamides is 1. The molecular weight excluding hydrogens is 428 g/mol. The number of nitrogens with zero attached hydrogens (tertiary/aromatic N) is 1. The second-order valence-electron chi connectivity index (χ2n) is 5.97. The van der Waals surface area contributed by atoms with Gasteiger partial charge in [0.2, 0.25) is 5.91 Å². The first-order valence-electron chi connectivity index (χ1n) is 7.59. The summed E-state index contributed by atoms with van der Waals surface area (Å²) in [5, 5.41) is 0.435. The van der Waals surface area contributed by atoms with Gasteiger partial charge in [-0.2, -0.15) is 0 Å². The minimum absolute atomic E-state index is 0.00163. The van der Waals surface area contributed by atoms with Crippen LogP contribution >= 0.6 is 27.5 Å². The Morgan fingerprint density at radius 2 is 2.04 bits per heavy atom. The molecule has 0 spiro atoms. The molecule has 25 heavy (non-hydrogen) atoms. The van der Waals surface area contributed by atoms with E-state index in [1.165, 1.54) is 19.1 Å². The van der Waals surface area contributed by atoms with Gasteiger partial charge < -0.3 is 4.90 Å². The van der Waals surface area contributed by atoms with Gasteiger partial charge in [-0.1, -0.05) is 17.7 Å². The molecule has 0 fully saturated rings. The summed E-state index contributed by atoms with van der Waals surface area (Å²) in [5.74, 6) is -0.111. The zero-order valence-corrected chi connectivity index (χ0v) is 16.7. The first-order chi connectivity index (χ1) is 11.7. The zero-order valence-electron chi connectivity index (χ0n) is 13.6. The van der Waals surface area contributed by atoms with E-state index in [-0.39, 0.29) is 16.8 Å². The number of rotatable bonds is 3. The number of benzene rings is 2. The van der Waals surface area contributed by atoms with Gasteiger partial charge in [-0.15, -0.1) is 0 Å². The number of anilines is 2. The molecule has 1 N–H and O–H groups in total. The third-order valence-corrected chi connectivity index (χ3v) is 6.63. The monoisotopic (exact) mass is 442 g/mol. The molecule has 0 saturated heterocycles. The predicted molar refractivity (Wildman–Crippen MR) is 103 cm³/mol. The molecule has 0 bridgehead atoms. The summed E-state index contributed by atoms with van der Waals surface area (Å²) < 4.78 is 28.6. The molecule has 0 radical (unpaired) electrons. The van der Waals surface area contributed by atoms with Crippen LogP contribution in [0.2, 0.25) is 5.02 Å². The largest absolute Gasteiger partial charge is 0.309 e. The fourth-order valence-electron chi connectivity index (χ4n) is 3.07. The molecule has 0 saturated carbocycles. The van der Waals surface area contributed by atoms with Crippen molar-refractivity contribution in [2.24, 2.45) is 0 Å². The molecule has 1 heterocycles. The first kappa shape index (κ1) is 18.2. The Bertz CT molecular complexity index is 962. The smallest absolute Gasteiger partial charge is 0.263 e. The van der Waals surface area contributed by atoms with E-state index < -0.39 is 10.0 Å². The highest BCUT2D eigenvalue weighted by Crippen LogP contribution is 2.38. The number of carbonyl (C=O) groups is 1. The van der Waals surface area contributed by atoms with E-state index >= 15 is 0 Å². The number of nitrogens with one attached hydrogen (secondary N) is 1. The summed E-state index contributed by atoms with van der Waals surface area (Å²) in [6.07, 6.45) is 0.690. The third-order valence-electron chi connectivity index (χ3n) is 4.05. The van der Waals surface area contributed by atoms with E-state index in [4.69, 9.17) is 11.6 Å². The Morgan fingerprint density at radius 1 is 1.32 bits per heavy atom. The quantitative estimate of drug-likeness (QED) is 0.773. The van der Waals surface area contributed by atoms with Gasteiger partial charge in [-0.05, 0) is 65.2 Å². The molecular formula is C17H16BrClN2O3S. The summed E-state index contributed by atoms with van der Waals surface area (Å²) in [7, 11) is -3.84. The summed E-state index contributed by atoms with van der Waals surface area (Å²) in [5.41, 5.74) is 1.95. The fourth-order valence-corrected chi connectivity index (χ4v) is 5.42. The highest BCUT2D eigenvalue weighted by atomic mass is 79.9. The van der Waals surface area contributed by atoms with Gasteiger partial charge in [-0.3, -0.25) is 9.52 Å². The van der Waals surface area contributed by atoms with Crippen LogP contribution < -0.4 is 9.62 Å². The van der Waals surface area contributed by atoms with E-state index in [0.29, 0.717) is 27.3 Å². The third kappa shape index (κ3) is 3.54. The number of carbonyl (C=O) groups excluding carboxylic acids is 1. The molecule has 0 aliphatic carbocycles. The lowest BCUT2D eigenvalue weighted by atomic mass is 10.1. The molecule has 1 atom stereocenters. The second-order valence-corrected chi connectivity index (χ2v) is 8.91. The minimum atomic E-state index is -3.84. The molecule has 2 aromatic carbocycles. The van der Waals surface area contributed by atoms with Gasteiger partial charge in [0.1, 0.15) is 4.90 Å². The van der Waals surface area contributed by atoms with E-state index in [1.807, 2.05) is 6.92 Å². The van der Waals surface area contributed by atoms with Gasteiger partial charge in [-0.25, -0.2) is 8.42 Å². The van der Waals surface area contributed by atoms with Gasteiger partial charge in [0.05, 0.1) is 5.69 Å². The van der Waals surface area contributed by atoms with Gasteiger partial charge in [0.25, 0.3) is 10.0 Å². The topological polar surface area (TPSA) is 66.5 Å². The lowest BCUT2D eigenvalue weighted by Crippen LogP contribution is -2.33. The molecule has 0 unspecified atom stereocenters. The molecule has 2 aromatic rings. The average molecular weight is 444 g/mol. The summed E-state index contributed by atoms with van der Waals surface area (Å²) >= 11 is 9.25. The van der Waals surface area contributed by atoms with E-state index in [1.54, 1.807) is 29.2 Å². The number of amides is 1. The van der Waals surface area contributed by atoms with E-state index in [0.717, 1.165) is 5.56 Å². The average Bonchev–Trinajstić information content (AvgIpc) is 2.80. The van der Waals surface area contributed by atoms with Crippen molar-refractivity contribution in [1.29, 1.82) is 0 Å².